The molecule has 1 unspecified atom stereocenters. The van der Waals surface area contributed by atoms with Gasteiger partial charge in [-0.15, -0.1) is 5.10 Å². The predicted molar refractivity (Wildman–Crippen MR) is 169 cm³/mol. The van der Waals surface area contributed by atoms with Gasteiger partial charge in [0.25, 0.3) is 0 Å². The number of nitrogens with zero attached hydrogens (tertiary/aromatic N) is 7. The van der Waals surface area contributed by atoms with Crippen LogP contribution in [0.2, 0.25) is 0 Å². The zero-order valence-corrected chi connectivity index (χ0v) is 26.7. The number of hydrogen-bond donors (Lipinski definition) is 0. The van der Waals surface area contributed by atoms with Crippen LogP contribution in [0.3, 0.4) is 0 Å². The highest BCUT2D eigenvalue weighted by atomic mass is 16.7. The fourth-order valence-corrected chi connectivity index (χ4v) is 4.75. The number of imidazole rings is 1. The maximum atomic E-state index is 12.7. The van der Waals surface area contributed by atoms with Gasteiger partial charge < -0.3 is 23.3 Å². The summed E-state index contributed by atoms with van der Waals surface area (Å²) in [6, 6.07) is 9.58. The Morgan fingerprint density at radius 3 is 2.74 bits per heavy atom. The van der Waals surface area contributed by atoms with E-state index in [-0.39, 0.29) is 18.9 Å². The Morgan fingerprint density at radius 2 is 2.00 bits per heavy atom. The van der Waals surface area contributed by atoms with E-state index in [2.05, 4.69) is 44.1 Å². The van der Waals surface area contributed by atoms with Crippen LogP contribution in [0.1, 0.15) is 70.1 Å². The monoisotopic (exact) mass is 625 g/mol. The van der Waals surface area contributed by atoms with Crippen molar-refractivity contribution >= 4 is 6.09 Å². The fourth-order valence-electron chi connectivity index (χ4n) is 4.75. The molecule has 1 saturated heterocycles. The lowest BCUT2D eigenvalue weighted by Gasteiger charge is -2.26. The van der Waals surface area contributed by atoms with Crippen molar-refractivity contribution in [1.82, 2.24) is 34.6 Å². The smallest absolute Gasteiger partial charge is 0.411 e. The highest BCUT2D eigenvalue weighted by molar-refractivity contribution is 5.68. The number of amides is 1. The van der Waals surface area contributed by atoms with Crippen molar-refractivity contribution in [3.63, 3.8) is 0 Å². The quantitative estimate of drug-likeness (QED) is 0.222. The van der Waals surface area contributed by atoms with Gasteiger partial charge in [-0.05, 0) is 83.1 Å². The van der Waals surface area contributed by atoms with Crippen LogP contribution in [0.4, 0.5) is 4.79 Å². The molecule has 0 N–H and O–H groups in total. The van der Waals surface area contributed by atoms with E-state index < -0.39 is 11.7 Å². The summed E-state index contributed by atoms with van der Waals surface area (Å²) in [4.78, 5) is 18.7. The van der Waals surface area contributed by atoms with Gasteiger partial charge in [-0.25, -0.2) is 9.78 Å². The molecule has 3 aromatic heterocycles. The molecule has 5 rings (SSSR count). The van der Waals surface area contributed by atoms with Crippen LogP contribution in [0.15, 0.2) is 59.6 Å². The molecule has 12 nitrogen and oxygen atoms in total. The molecule has 0 aliphatic carbocycles. The zero-order chi connectivity index (χ0) is 32.4. The van der Waals surface area contributed by atoms with Crippen LogP contribution in [0.5, 0.6) is 0 Å². The van der Waals surface area contributed by atoms with Gasteiger partial charge in [0.2, 0.25) is 0 Å². The molecule has 2 atom stereocenters. The average molecular weight is 626 g/mol. The third-order valence-electron chi connectivity index (χ3n) is 7.02. The zero-order valence-electron chi connectivity index (χ0n) is 26.7. The molecule has 0 spiro atoms. The van der Waals surface area contributed by atoms with Crippen molar-refractivity contribution in [3.8, 4) is 35.0 Å². The standard InChI is InChI=1S/C34H39N7O5/c1-26(44-31-11-7-9-23-43-31)32-35-16-19-40(32)25-29-24-30(46-37-29)28-14-12-27(13-15-28)10-6-5-8-18-39(33(42)45-34(2,3)4)21-22-41-20-17-36-38-41/h12-17,19-20,24,26,31H,7,9,11,18,21-23,25H2,1-4H3/t26-,31?/m0/s1. The number of carbonyl (C=O) groups is 1. The van der Waals surface area contributed by atoms with Gasteiger partial charge >= 0.3 is 6.09 Å². The molecule has 0 radical (unpaired) electrons. The normalized spacial score (nSPS) is 15.3. The van der Waals surface area contributed by atoms with Gasteiger partial charge in [-0.3, -0.25) is 9.58 Å². The first-order chi connectivity index (χ1) is 22.2. The molecule has 1 fully saturated rings. The van der Waals surface area contributed by atoms with Gasteiger partial charge in [-0.2, -0.15) is 0 Å². The molecular weight excluding hydrogens is 586 g/mol. The van der Waals surface area contributed by atoms with Gasteiger partial charge in [0.1, 0.15) is 23.2 Å². The summed E-state index contributed by atoms with van der Waals surface area (Å²) in [6.07, 6.45) is 9.24. The van der Waals surface area contributed by atoms with Crippen LogP contribution in [0.25, 0.3) is 11.3 Å². The number of carbonyl (C=O) groups excluding carboxylic acids is 1. The molecule has 0 bridgehead atoms. The highest BCUT2D eigenvalue weighted by Gasteiger charge is 2.23. The van der Waals surface area contributed by atoms with Gasteiger partial charge in [0, 0.05) is 48.9 Å². The van der Waals surface area contributed by atoms with Crippen molar-refractivity contribution in [2.24, 2.45) is 0 Å². The van der Waals surface area contributed by atoms with E-state index in [0.29, 0.717) is 25.4 Å². The largest absolute Gasteiger partial charge is 0.444 e. The Balaban J connectivity index is 1.15. The Morgan fingerprint density at radius 1 is 1.15 bits per heavy atom. The molecular formula is C34H39N7O5. The maximum Gasteiger partial charge on any atom is 0.411 e. The molecule has 4 heterocycles. The lowest BCUT2D eigenvalue weighted by molar-refractivity contribution is -0.188. The van der Waals surface area contributed by atoms with Crippen molar-refractivity contribution in [2.75, 3.05) is 19.7 Å². The average Bonchev–Trinajstić information content (AvgIpc) is 3.82. The van der Waals surface area contributed by atoms with Crippen LogP contribution < -0.4 is 0 Å². The fraction of sp³-hybridized carbons (Fsp3) is 0.441. The van der Waals surface area contributed by atoms with Crippen LogP contribution in [-0.2, 0) is 27.3 Å². The molecule has 1 aliphatic rings. The van der Waals surface area contributed by atoms with Crippen molar-refractivity contribution in [3.05, 3.63) is 72.2 Å². The molecule has 12 heteroatoms. The van der Waals surface area contributed by atoms with E-state index in [0.717, 1.165) is 48.5 Å². The lowest BCUT2D eigenvalue weighted by Crippen LogP contribution is -2.39. The minimum Gasteiger partial charge on any atom is -0.444 e. The molecule has 1 aromatic carbocycles. The second-order valence-electron chi connectivity index (χ2n) is 11.9. The Labute approximate surface area is 269 Å². The summed E-state index contributed by atoms with van der Waals surface area (Å²) in [6.45, 7) is 9.73. The predicted octanol–water partition coefficient (Wildman–Crippen LogP) is 5.07. The minimum atomic E-state index is -0.614. The molecule has 46 heavy (non-hydrogen) atoms. The van der Waals surface area contributed by atoms with Crippen LogP contribution in [0, 0.1) is 23.7 Å². The Kier molecular flexibility index (Phi) is 10.9. The molecule has 1 amide bonds. The topological polar surface area (TPSA) is 123 Å². The van der Waals surface area contributed by atoms with Gasteiger partial charge in [0.05, 0.1) is 25.8 Å². The van der Waals surface area contributed by atoms with Gasteiger partial charge in [0.15, 0.2) is 12.1 Å². The summed E-state index contributed by atoms with van der Waals surface area (Å²) in [5.74, 6) is 13.2. The van der Waals surface area contributed by atoms with Crippen molar-refractivity contribution < 1.29 is 23.5 Å². The summed E-state index contributed by atoms with van der Waals surface area (Å²) in [5.41, 5.74) is 1.84. The highest BCUT2D eigenvalue weighted by Crippen LogP contribution is 2.25. The Hall–Kier alpha value is -4.91. The van der Waals surface area contributed by atoms with Crippen LogP contribution in [-0.4, -0.2) is 72.3 Å². The number of ether oxygens (including phenoxy) is 3. The molecule has 4 aromatic rings. The lowest BCUT2D eigenvalue weighted by atomic mass is 10.1. The number of rotatable bonds is 10. The minimum absolute atomic E-state index is 0.173. The second kappa shape index (κ2) is 15.4. The first kappa shape index (κ1) is 32.5. The van der Waals surface area contributed by atoms with E-state index in [9.17, 15) is 4.79 Å². The van der Waals surface area contributed by atoms with Crippen molar-refractivity contribution in [1.29, 1.82) is 0 Å². The van der Waals surface area contributed by atoms with E-state index >= 15 is 0 Å². The third kappa shape index (κ3) is 9.54. The van der Waals surface area contributed by atoms with E-state index in [4.69, 9.17) is 18.7 Å². The summed E-state index contributed by atoms with van der Waals surface area (Å²) in [5, 5.41) is 12.0. The second-order valence-corrected chi connectivity index (χ2v) is 11.9. The van der Waals surface area contributed by atoms with E-state index in [1.807, 2.05) is 68.8 Å². The number of aromatic nitrogens is 6. The molecule has 240 valence electrons. The van der Waals surface area contributed by atoms with E-state index in [1.54, 1.807) is 23.3 Å². The van der Waals surface area contributed by atoms with Crippen molar-refractivity contribution in [2.45, 2.75) is 78.0 Å². The number of benzene rings is 1. The maximum absolute atomic E-state index is 12.7. The summed E-state index contributed by atoms with van der Waals surface area (Å²) < 4.78 is 26.7. The Bertz CT molecular complexity index is 1680. The molecule has 1 aliphatic heterocycles. The number of hydrogen-bond acceptors (Lipinski definition) is 9. The first-order valence-corrected chi connectivity index (χ1v) is 15.4. The SMILES string of the molecule is C[C@H](OC1CCCCO1)c1nccn1Cc1cc(-c2ccc(C#CC#CCN(CCn3ccnn3)C(=O)OC(C)(C)C)cc2)on1. The third-order valence-corrected chi connectivity index (χ3v) is 7.02. The van der Waals surface area contributed by atoms with Gasteiger partial charge in [-0.1, -0.05) is 22.2 Å². The van der Waals surface area contributed by atoms with Crippen LogP contribution >= 0.6 is 0 Å². The first-order valence-electron chi connectivity index (χ1n) is 15.4. The summed E-state index contributed by atoms with van der Waals surface area (Å²) in [7, 11) is 0. The van der Waals surface area contributed by atoms with E-state index in [1.165, 1.54) is 4.90 Å². The summed E-state index contributed by atoms with van der Waals surface area (Å²) >= 11 is 0. The molecule has 0 saturated carbocycles.